The third kappa shape index (κ3) is 4.19. The fourth-order valence-electron chi connectivity index (χ4n) is 4.23. The highest BCUT2D eigenvalue weighted by Crippen LogP contribution is 2.39. The van der Waals surface area contributed by atoms with Crippen molar-refractivity contribution in [1.29, 1.82) is 0 Å². The van der Waals surface area contributed by atoms with Crippen molar-refractivity contribution in [2.45, 2.75) is 58.4 Å². The summed E-state index contributed by atoms with van der Waals surface area (Å²) in [6.07, 6.45) is 8.38. The zero-order valence-corrected chi connectivity index (χ0v) is 14.0. The van der Waals surface area contributed by atoms with Crippen LogP contribution >= 0.6 is 0 Å². The van der Waals surface area contributed by atoms with Crippen LogP contribution in [0, 0.1) is 5.41 Å². The lowest BCUT2D eigenvalue weighted by Gasteiger charge is -2.39. The van der Waals surface area contributed by atoms with Gasteiger partial charge in [0.15, 0.2) is 0 Å². The fourth-order valence-corrected chi connectivity index (χ4v) is 4.23. The molecule has 1 heterocycles. The van der Waals surface area contributed by atoms with E-state index in [1.165, 1.54) is 71.2 Å². The van der Waals surface area contributed by atoms with E-state index in [9.17, 15) is 0 Å². The van der Waals surface area contributed by atoms with Crippen LogP contribution in [0.5, 0.6) is 0 Å². The summed E-state index contributed by atoms with van der Waals surface area (Å²) in [6, 6.07) is 0.765. The molecule has 1 aliphatic heterocycles. The molecule has 2 aliphatic rings. The van der Waals surface area contributed by atoms with Gasteiger partial charge in [0.1, 0.15) is 0 Å². The largest absolute Gasteiger partial charge is 0.316 e. The standard InChI is InChI=1S/C17H35N3/c1-4-16-13-19(3)11-8-12-20(16)15-17(14-18-5-2)9-6-7-10-17/h16,18H,4-15H2,1-3H3. The molecule has 0 amide bonds. The van der Waals surface area contributed by atoms with Gasteiger partial charge in [0.2, 0.25) is 0 Å². The molecule has 3 nitrogen and oxygen atoms in total. The summed E-state index contributed by atoms with van der Waals surface area (Å²) in [5, 5.41) is 3.64. The van der Waals surface area contributed by atoms with Crippen molar-refractivity contribution in [1.82, 2.24) is 15.1 Å². The van der Waals surface area contributed by atoms with Gasteiger partial charge in [-0.1, -0.05) is 26.7 Å². The Morgan fingerprint density at radius 1 is 1.10 bits per heavy atom. The molecule has 118 valence electrons. The summed E-state index contributed by atoms with van der Waals surface area (Å²) in [6.45, 7) is 12.1. The Morgan fingerprint density at radius 3 is 2.50 bits per heavy atom. The van der Waals surface area contributed by atoms with Crippen LogP contribution < -0.4 is 5.32 Å². The molecule has 0 aromatic heterocycles. The van der Waals surface area contributed by atoms with Crippen molar-refractivity contribution in [2.24, 2.45) is 5.41 Å². The highest BCUT2D eigenvalue weighted by molar-refractivity contribution is 4.92. The Hall–Kier alpha value is -0.120. The summed E-state index contributed by atoms with van der Waals surface area (Å²) >= 11 is 0. The van der Waals surface area contributed by atoms with E-state index >= 15 is 0 Å². The van der Waals surface area contributed by atoms with Gasteiger partial charge < -0.3 is 10.2 Å². The Labute approximate surface area is 126 Å². The average molecular weight is 281 g/mol. The molecular weight excluding hydrogens is 246 g/mol. The Kier molecular flexibility index (Phi) is 6.31. The number of nitrogens with zero attached hydrogens (tertiary/aromatic N) is 2. The average Bonchev–Trinajstić information content (AvgIpc) is 2.83. The van der Waals surface area contributed by atoms with E-state index in [0.29, 0.717) is 5.41 Å². The first-order chi connectivity index (χ1) is 9.69. The molecule has 0 aromatic rings. The zero-order chi connectivity index (χ0) is 14.4. The van der Waals surface area contributed by atoms with Crippen LogP contribution in [0.1, 0.15) is 52.4 Å². The molecule has 0 aromatic carbocycles. The second-order valence-electron chi connectivity index (χ2n) is 7.14. The van der Waals surface area contributed by atoms with Crippen molar-refractivity contribution in [3.8, 4) is 0 Å². The van der Waals surface area contributed by atoms with Crippen molar-refractivity contribution in [2.75, 3.05) is 46.3 Å². The summed E-state index contributed by atoms with van der Waals surface area (Å²) in [5.74, 6) is 0. The topological polar surface area (TPSA) is 18.5 Å². The van der Waals surface area contributed by atoms with E-state index in [1.54, 1.807) is 0 Å². The van der Waals surface area contributed by atoms with Crippen LogP contribution in [0.25, 0.3) is 0 Å². The van der Waals surface area contributed by atoms with Gasteiger partial charge in [0.05, 0.1) is 0 Å². The third-order valence-corrected chi connectivity index (χ3v) is 5.45. The van der Waals surface area contributed by atoms with Gasteiger partial charge in [0, 0.05) is 25.7 Å². The van der Waals surface area contributed by atoms with E-state index in [4.69, 9.17) is 0 Å². The molecule has 1 saturated carbocycles. The second-order valence-corrected chi connectivity index (χ2v) is 7.14. The van der Waals surface area contributed by atoms with Gasteiger partial charge >= 0.3 is 0 Å². The van der Waals surface area contributed by atoms with Crippen LogP contribution in [-0.4, -0.2) is 62.2 Å². The molecule has 1 aliphatic carbocycles. The van der Waals surface area contributed by atoms with E-state index in [1.807, 2.05) is 0 Å². The van der Waals surface area contributed by atoms with Gasteiger partial charge in [-0.3, -0.25) is 4.90 Å². The summed E-state index contributed by atoms with van der Waals surface area (Å²) in [5.41, 5.74) is 0.562. The molecule has 1 N–H and O–H groups in total. The molecule has 0 radical (unpaired) electrons. The molecule has 20 heavy (non-hydrogen) atoms. The van der Waals surface area contributed by atoms with Crippen molar-refractivity contribution >= 4 is 0 Å². The molecule has 0 spiro atoms. The smallest absolute Gasteiger partial charge is 0.0220 e. The maximum atomic E-state index is 3.64. The van der Waals surface area contributed by atoms with Crippen molar-refractivity contribution < 1.29 is 0 Å². The van der Waals surface area contributed by atoms with Crippen LogP contribution in [0.4, 0.5) is 0 Å². The SMILES string of the molecule is CCNCC1(CN2CCCN(C)CC2CC)CCCC1. The minimum atomic E-state index is 0.562. The number of rotatable bonds is 6. The molecular formula is C17H35N3. The van der Waals surface area contributed by atoms with Crippen LogP contribution in [0.15, 0.2) is 0 Å². The van der Waals surface area contributed by atoms with Gasteiger partial charge in [-0.05, 0) is 57.8 Å². The quantitative estimate of drug-likeness (QED) is 0.807. The van der Waals surface area contributed by atoms with Gasteiger partial charge in [-0.2, -0.15) is 0 Å². The maximum absolute atomic E-state index is 3.64. The minimum Gasteiger partial charge on any atom is -0.316 e. The second kappa shape index (κ2) is 7.77. The number of likely N-dealkylation sites (N-methyl/N-ethyl adjacent to an activating group) is 1. The molecule has 1 saturated heterocycles. The van der Waals surface area contributed by atoms with Gasteiger partial charge in [-0.25, -0.2) is 0 Å². The third-order valence-electron chi connectivity index (χ3n) is 5.45. The Bertz CT molecular complexity index is 273. The number of hydrogen-bond donors (Lipinski definition) is 1. The predicted molar refractivity (Wildman–Crippen MR) is 87.2 cm³/mol. The van der Waals surface area contributed by atoms with E-state index in [0.717, 1.165) is 12.6 Å². The number of hydrogen-bond acceptors (Lipinski definition) is 3. The van der Waals surface area contributed by atoms with Gasteiger partial charge in [0.25, 0.3) is 0 Å². The summed E-state index contributed by atoms with van der Waals surface area (Å²) in [7, 11) is 2.29. The summed E-state index contributed by atoms with van der Waals surface area (Å²) in [4.78, 5) is 5.35. The summed E-state index contributed by atoms with van der Waals surface area (Å²) < 4.78 is 0. The minimum absolute atomic E-state index is 0.562. The molecule has 2 fully saturated rings. The predicted octanol–water partition coefficient (Wildman–Crippen LogP) is 2.57. The van der Waals surface area contributed by atoms with E-state index in [2.05, 4.69) is 36.0 Å². The van der Waals surface area contributed by atoms with Crippen molar-refractivity contribution in [3.63, 3.8) is 0 Å². The molecule has 2 rings (SSSR count). The maximum Gasteiger partial charge on any atom is 0.0220 e. The highest BCUT2D eigenvalue weighted by Gasteiger charge is 2.37. The Balaban J connectivity index is 2.00. The van der Waals surface area contributed by atoms with Crippen LogP contribution in [0.2, 0.25) is 0 Å². The van der Waals surface area contributed by atoms with Crippen molar-refractivity contribution in [3.05, 3.63) is 0 Å². The Morgan fingerprint density at radius 2 is 1.85 bits per heavy atom. The first-order valence-electron chi connectivity index (χ1n) is 8.82. The highest BCUT2D eigenvalue weighted by atomic mass is 15.2. The van der Waals surface area contributed by atoms with E-state index < -0.39 is 0 Å². The lowest BCUT2D eigenvalue weighted by atomic mass is 9.84. The lowest BCUT2D eigenvalue weighted by molar-refractivity contribution is 0.106. The first-order valence-corrected chi connectivity index (χ1v) is 8.82. The van der Waals surface area contributed by atoms with Crippen LogP contribution in [0.3, 0.4) is 0 Å². The molecule has 0 bridgehead atoms. The normalized spacial score (nSPS) is 28.6. The number of nitrogens with one attached hydrogen (secondary N) is 1. The fraction of sp³-hybridized carbons (Fsp3) is 1.00. The molecule has 3 heteroatoms. The molecule has 1 atom stereocenters. The monoisotopic (exact) mass is 281 g/mol. The lowest BCUT2D eigenvalue weighted by Crippen LogP contribution is -2.48. The van der Waals surface area contributed by atoms with Crippen LogP contribution in [-0.2, 0) is 0 Å². The first kappa shape index (κ1) is 16.3. The molecule has 1 unspecified atom stereocenters. The zero-order valence-electron chi connectivity index (χ0n) is 14.0. The van der Waals surface area contributed by atoms with E-state index in [-0.39, 0.29) is 0 Å². The van der Waals surface area contributed by atoms with Gasteiger partial charge in [-0.15, -0.1) is 0 Å².